The summed E-state index contributed by atoms with van der Waals surface area (Å²) in [6, 6.07) is 11.1. The number of carbonyl (C=O) groups excluding carboxylic acids is 1. The second-order valence-corrected chi connectivity index (χ2v) is 6.73. The molecule has 4 rings (SSSR count). The standard InChI is InChI=1S/C23H17N7O/c1-3-21(31)27-19-8-5-15(6-9-19)4-7-16-10-17(18-12-26-29(2)13-18)14-30-22(16)20(11-24)23(25)28-30/h3,5-6,8-10,12-14H,1H2,2H3,(H2,25,28)(H,27,31). The van der Waals surface area contributed by atoms with Crippen LogP contribution in [-0.2, 0) is 11.8 Å². The number of carbonyl (C=O) groups is 1. The fourth-order valence-corrected chi connectivity index (χ4v) is 3.10. The third kappa shape index (κ3) is 3.86. The van der Waals surface area contributed by atoms with Crippen LogP contribution < -0.4 is 11.1 Å². The molecule has 3 heterocycles. The van der Waals surface area contributed by atoms with E-state index < -0.39 is 0 Å². The van der Waals surface area contributed by atoms with Gasteiger partial charge in [0.1, 0.15) is 17.1 Å². The Morgan fingerprint density at radius 2 is 2.00 bits per heavy atom. The van der Waals surface area contributed by atoms with E-state index in [2.05, 4.69) is 40.0 Å². The highest BCUT2D eigenvalue weighted by atomic mass is 16.1. The van der Waals surface area contributed by atoms with Crippen molar-refractivity contribution in [2.45, 2.75) is 0 Å². The van der Waals surface area contributed by atoms with E-state index in [4.69, 9.17) is 5.73 Å². The van der Waals surface area contributed by atoms with Crippen molar-refractivity contribution in [2.24, 2.45) is 7.05 Å². The summed E-state index contributed by atoms with van der Waals surface area (Å²) in [5.74, 6) is 6.10. The van der Waals surface area contributed by atoms with E-state index in [1.807, 2.05) is 19.3 Å². The number of anilines is 2. The Bertz CT molecular complexity index is 1420. The van der Waals surface area contributed by atoms with E-state index >= 15 is 0 Å². The molecule has 0 aliphatic carbocycles. The number of hydrogen-bond donors (Lipinski definition) is 2. The molecule has 0 spiro atoms. The SMILES string of the molecule is C=CC(=O)Nc1ccc(C#Cc2cc(-c3cnn(C)c3)cn3nc(N)c(C#N)c23)cc1. The molecule has 0 atom stereocenters. The Balaban J connectivity index is 1.79. The van der Waals surface area contributed by atoms with Gasteiger partial charge < -0.3 is 11.1 Å². The lowest BCUT2D eigenvalue weighted by molar-refractivity contribution is -0.111. The van der Waals surface area contributed by atoms with Gasteiger partial charge in [0.15, 0.2) is 5.82 Å². The van der Waals surface area contributed by atoms with Crippen LogP contribution in [-0.4, -0.2) is 25.3 Å². The minimum Gasteiger partial charge on any atom is -0.381 e. The van der Waals surface area contributed by atoms with Crippen molar-refractivity contribution in [3.05, 3.63) is 78.3 Å². The van der Waals surface area contributed by atoms with Crippen LogP contribution in [0.3, 0.4) is 0 Å². The average Bonchev–Trinajstić information content (AvgIpc) is 3.34. The van der Waals surface area contributed by atoms with Gasteiger partial charge in [0.25, 0.3) is 0 Å². The Morgan fingerprint density at radius 3 is 2.65 bits per heavy atom. The Labute approximate surface area is 178 Å². The van der Waals surface area contributed by atoms with Crippen molar-refractivity contribution in [1.82, 2.24) is 19.4 Å². The van der Waals surface area contributed by atoms with Crippen LogP contribution in [0.2, 0.25) is 0 Å². The number of hydrogen-bond acceptors (Lipinski definition) is 5. The van der Waals surface area contributed by atoms with Gasteiger partial charge in [-0.25, -0.2) is 4.52 Å². The van der Waals surface area contributed by atoms with Crippen LogP contribution in [0.25, 0.3) is 16.6 Å². The van der Waals surface area contributed by atoms with Gasteiger partial charge in [-0.2, -0.15) is 10.4 Å². The minimum absolute atomic E-state index is 0.149. The molecular weight excluding hydrogens is 390 g/mol. The van der Waals surface area contributed by atoms with E-state index in [1.54, 1.807) is 45.9 Å². The molecule has 1 aromatic carbocycles. The molecule has 4 aromatic rings. The number of rotatable bonds is 3. The van der Waals surface area contributed by atoms with Gasteiger partial charge in [-0.15, -0.1) is 5.10 Å². The molecular formula is C23H17N7O. The Kier molecular flexibility index (Phi) is 4.97. The maximum absolute atomic E-state index is 11.4. The van der Waals surface area contributed by atoms with Crippen molar-refractivity contribution < 1.29 is 4.79 Å². The first-order chi connectivity index (χ1) is 15.0. The predicted molar refractivity (Wildman–Crippen MR) is 118 cm³/mol. The molecule has 1 amide bonds. The molecule has 0 radical (unpaired) electrons. The van der Waals surface area contributed by atoms with Crippen molar-refractivity contribution in [2.75, 3.05) is 11.1 Å². The fourth-order valence-electron chi connectivity index (χ4n) is 3.10. The summed E-state index contributed by atoms with van der Waals surface area (Å²) in [4.78, 5) is 11.4. The minimum atomic E-state index is -0.282. The van der Waals surface area contributed by atoms with Gasteiger partial charge in [0.2, 0.25) is 5.91 Å². The summed E-state index contributed by atoms with van der Waals surface area (Å²) < 4.78 is 3.28. The second kappa shape index (κ2) is 7.90. The lowest BCUT2D eigenvalue weighted by Crippen LogP contribution is -2.06. The molecule has 0 fully saturated rings. The predicted octanol–water partition coefficient (Wildman–Crippen LogP) is 2.71. The molecule has 0 saturated carbocycles. The van der Waals surface area contributed by atoms with Crippen LogP contribution in [0.4, 0.5) is 11.5 Å². The highest BCUT2D eigenvalue weighted by molar-refractivity contribution is 5.98. The highest BCUT2D eigenvalue weighted by Gasteiger charge is 2.15. The maximum atomic E-state index is 11.4. The summed E-state index contributed by atoms with van der Waals surface area (Å²) in [6.45, 7) is 3.43. The number of nitrogens with two attached hydrogens (primary N) is 1. The quantitative estimate of drug-likeness (QED) is 0.400. The van der Waals surface area contributed by atoms with E-state index in [-0.39, 0.29) is 17.3 Å². The smallest absolute Gasteiger partial charge is 0.247 e. The number of benzene rings is 1. The molecule has 0 saturated heterocycles. The number of pyridine rings is 1. The van der Waals surface area contributed by atoms with Gasteiger partial charge in [-0.3, -0.25) is 9.48 Å². The number of amides is 1. The van der Waals surface area contributed by atoms with Crippen molar-refractivity contribution >= 4 is 22.9 Å². The van der Waals surface area contributed by atoms with E-state index in [1.165, 1.54) is 6.08 Å². The molecule has 0 bridgehead atoms. The monoisotopic (exact) mass is 407 g/mol. The van der Waals surface area contributed by atoms with E-state index in [0.717, 1.165) is 16.7 Å². The number of nitriles is 1. The topological polar surface area (TPSA) is 114 Å². The lowest BCUT2D eigenvalue weighted by atomic mass is 10.1. The van der Waals surface area contributed by atoms with Gasteiger partial charge in [0.05, 0.1) is 11.8 Å². The zero-order chi connectivity index (χ0) is 22.0. The van der Waals surface area contributed by atoms with Crippen molar-refractivity contribution in [3.63, 3.8) is 0 Å². The normalized spacial score (nSPS) is 10.2. The first-order valence-electron chi connectivity index (χ1n) is 9.25. The van der Waals surface area contributed by atoms with Gasteiger partial charge >= 0.3 is 0 Å². The van der Waals surface area contributed by atoms with Crippen molar-refractivity contribution in [1.29, 1.82) is 5.26 Å². The number of nitrogen functional groups attached to an aromatic ring is 1. The number of fused-ring (bicyclic) bond motifs is 1. The van der Waals surface area contributed by atoms with Crippen LogP contribution in [0.5, 0.6) is 0 Å². The summed E-state index contributed by atoms with van der Waals surface area (Å²) in [6.07, 6.45) is 6.63. The van der Waals surface area contributed by atoms with Crippen LogP contribution in [0, 0.1) is 23.2 Å². The average molecular weight is 407 g/mol. The number of nitrogens with zero attached hydrogens (tertiary/aromatic N) is 5. The summed E-state index contributed by atoms with van der Waals surface area (Å²) in [5.41, 5.74) is 10.5. The molecule has 3 aromatic heterocycles. The third-order valence-electron chi connectivity index (χ3n) is 4.58. The van der Waals surface area contributed by atoms with Gasteiger partial charge in [-0.05, 0) is 36.4 Å². The Morgan fingerprint density at radius 1 is 1.23 bits per heavy atom. The summed E-state index contributed by atoms with van der Waals surface area (Å²) in [7, 11) is 1.84. The molecule has 8 nitrogen and oxygen atoms in total. The third-order valence-corrected chi connectivity index (χ3v) is 4.58. The molecule has 3 N–H and O–H groups in total. The first kappa shape index (κ1) is 19.5. The largest absolute Gasteiger partial charge is 0.381 e. The number of aryl methyl sites for hydroxylation is 1. The second-order valence-electron chi connectivity index (χ2n) is 6.73. The maximum Gasteiger partial charge on any atom is 0.247 e. The van der Waals surface area contributed by atoms with Crippen LogP contribution in [0.15, 0.2) is 61.6 Å². The summed E-state index contributed by atoms with van der Waals surface area (Å²) in [5, 5.41) is 20.7. The summed E-state index contributed by atoms with van der Waals surface area (Å²) >= 11 is 0. The number of nitrogens with one attached hydrogen (secondary N) is 1. The molecule has 150 valence electrons. The molecule has 0 aliphatic heterocycles. The Hall–Kier alpha value is -4.82. The van der Waals surface area contributed by atoms with Gasteiger partial charge in [-0.1, -0.05) is 18.4 Å². The molecule has 8 heteroatoms. The highest BCUT2D eigenvalue weighted by Crippen LogP contribution is 2.26. The molecule has 31 heavy (non-hydrogen) atoms. The first-order valence-corrected chi connectivity index (χ1v) is 9.25. The zero-order valence-corrected chi connectivity index (χ0v) is 16.6. The lowest BCUT2D eigenvalue weighted by Gasteiger charge is -2.03. The van der Waals surface area contributed by atoms with Crippen LogP contribution in [0.1, 0.15) is 16.7 Å². The van der Waals surface area contributed by atoms with Crippen LogP contribution >= 0.6 is 0 Å². The van der Waals surface area contributed by atoms with Crippen molar-refractivity contribution in [3.8, 4) is 29.0 Å². The molecule has 0 unspecified atom stereocenters. The zero-order valence-electron chi connectivity index (χ0n) is 16.6. The fraction of sp³-hybridized carbons (Fsp3) is 0.0435. The number of aromatic nitrogens is 4. The van der Waals surface area contributed by atoms with Gasteiger partial charge in [0, 0.05) is 41.8 Å². The van der Waals surface area contributed by atoms with E-state index in [9.17, 15) is 10.1 Å². The molecule has 0 aliphatic rings. The van der Waals surface area contributed by atoms with E-state index in [0.29, 0.717) is 16.8 Å².